The Hall–Kier alpha value is -1.57. The number of methoxy groups -OCH3 is 2. The third kappa shape index (κ3) is 4.49. The zero-order valence-electron chi connectivity index (χ0n) is 13.6. The fourth-order valence-electron chi connectivity index (χ4n) is 2.32. The maximum Gasteiger partial charge on any atom is 0.240 e. The molecule has 0 unspecified atom stereocenters. The number of hydrogen-bond donors (Lipinski definition) is 1. The van der Waals surface area contributed by atoms with E-state index in [4.69, 9.17) is 9.47 Å². The molecule has 24 heavy (non-hydrogen) atoms. The van der Waals surface area contributed by atoms with E-state index in [1.54, 1.807) is 32.4 Å². The topological polar surface area (TPSA) is 64.6 Å². The normalized spacial score (nSPS) is 11.3. The molecule has 130 valence electrons. The standard InChI is InChI=1S/C17H20BrNO4S/c1-22-15-8-7-13(11-16(15)23-2)9-10-19-24(20,21)17-6-4-3-5-14(17)12-18/h3-8,11,19H,9-10,12H2,1-2H3. The molecule has 2 aromatic rings. The van der Waals surface area contributed by atoms with Gasteiger partial charge in [-0.3, -0.25) is 0 Å². The summed E-state index contributed by atoms with van der Waals surface area (Å²) in [6, 6.07) is 12.5. The maximum absolute atomic E-state index is 12.4. The van der Waals surface area contributed by atoms with Crippen LogP contribution >= 0.6 is 15.9 Å². The number of halogens is 1. The zero-order valence-corrected chi connectivity index (χ0v) is 16.0. The molecule has 0 heterocycles. The second-order valence-corrected chi connectivity index (χ2v) is 7.37. The Labute approximate surface area is 151 Å². The van der Waals surface area contributed by atoms with Crippen LogP contribution in [-0.4, -0.2) is 29.2 Å². The predicted octanol–water partition coefficient (Wildman–Crippen LogP) is 3.12. The molecule has 7 heteroatoms. The van der Waals surface area contributed by atoms with E-state index < -0.39 is 10.0 Å². The Morgan fingerprint density at radius 2 is 1.75 bits per heavy atom. The van der Waals surface area contributed by atoms with Crippen LogP contribution in [-0.2, 0) is 21.8 Å². The van der Waals surface area contributed by atoms with Crippen LogP contribution < -0.4 is 14.2 Å². The van der Waals surface area contributed by atoms with Crippen LogP contribution in [0.25, 0.3) is 0 Å². The van der Waals surface area contributed by atoms with Crippen molar-refractivity contribution in [3.63, 3.8) is 0 Å². The molecule has 5 nitrogen and oxygen atoms in total. The largest absolute Gasteiger partial charge is 0.493 e. The van der Waals surface area contributed by atoms with Gasteiger partial charge in [-0.15, -0.1) is 0 Å². The summed E-state index contributed by atoms with van der Waals surface area (Å²) in [5.74, 6) is 1.27. The van der Waals surface area contributed by atoms with Crippen molar-refractivity contribution in [2.24, 2.45) is 0 Å². The molecular formula is C17H20BrNO4S. The molecule has 0 radical (unpaired) electrons. The summed E-state index contributed by atoms with van der Waals surface area (Å²) in [5, 5.41) is 0.486. The highest BCUT2D eigenvalue weighted by atomic mass is 79.9. The summed E-state index contributed by atoms with van der Waals surface area (Å²) in [7, 11) is -0.390. The Morgan fingerprint density at radius 3 is 2.42 bits per heavy atom. The van der Waals surface area contributed by atoms with Gasteiger partial charge in [0.25, 0.3) is 0 Å². The SMILES string of the molecule is COc1ccc(CCNS(=O)(=O)c2ccccc2CBr)cc1OC. The molecule has 0 saturated carbocycles. The van der Waals surface area contributed by atoms with E-state index in [9.17, 15) is 8.42 Å². The lowest BCUT2D eigenvalue weighted by atomic mass is 10.1. The van der Waals surface area contributed by atoms with E-state index >= 15 is 0 Å². The number of benzene rings is 2. The first-order chi connectivity index (χ1) is 11.5. The highest BCUT2D eigenvalue weighted by Crippen LogP contribution is 2.27. The number of hydrogen-bond acceptors (Lipinski definition) is 4. The highest BCUT2D eigenvalue weighted by Gasteiger charge is 2.17. The molecular weight excluding hydrogens is 394 g/mol. The third-order valence-electron chi connectivity index (χ3n) is 3.56. The van der Waals surface area contributed by atoms with E-state index in [0.717, 1.165) is 11.1 Å². The van der Waals surface area contributed by atoms with Crippen molar-refractivity contribution in [3.05, 3.63) is 53.6 Å². The average molecular weight is 414 g/mol. The second kappa shape index (κ2) is 8.50. The van der Waals surface area contributed by atoms with Gasteiger partial charge in [-0.05, 0) is 35.7 Å². The summed E-state index contributed by atoms with van der Waals surface area (Å²) in [4.78, 5) is 0.300. The number of alkyl halides is 1. The fourth-order valence-corrected chi connectivity index (χ4v) is 4.26. The highest BCUT2D eigenvalue weighted by molar-refractivity contribution is 9.08. The first-order valence-electron chi connectivity index (χ1n) is 7.36. The van der Waals surface area contributed by atoms with Crippen LogP contribution in [0.4, 0.5) is 0 Å². The van der Waals surface area contributed by atoms with Crippen molar-refractivity contribution in [1.29, 1.82) is 0 Å². The number of sulfonamides is 1. The van der Waals surface area contributed by atoms with Gasteiger partial charge < -0.3 is 9.47 Å². The molecule has 0 amide bonds. The lowest BCUT2D eigenvalue weighted by Gasteiger charge is -2.11. The lowest BCUT2D eigenvalue weighted by molar-refractivity contribution is 0.354. The Morgan fingerprint density at radius 1 is 1.04 bits per heavy atom. The smallest absolute Gasteiger partial charge is 0.240 e. The lowest BCUT2D eigenvalue weighted by Crippen LogP contribution is -2.26. The fraction of sp³-hybridized carbons (Fsp3) is 0.294. The molecule has 2 aromatic carbocycles. The monoisotopic (exact) mass is 413 g/mol. The van der Waals surface area contributed by atoms with Crippen LogP contribution in [0.1, 0.15) is 11.1 Å². The zero-order chi connectivity index (χ0) is 17.6. The molecule has 0 aliphatic carbocycles. The van der Waals surface area contributed by atoms with Gasteiger partial charge in [0.1, 0.15) is 0 Å². The van der Waals surface area contributed by atoms with Crippen LogP contribution in [0, 0.1) is 0 Å². The molecule has 0 spiro atoms. The molecule has 0 bridgehead atoms. The summed E-state index contributed by atoms with van der Waals surface area (Å²) >= 11 is 3.32. The molecule has 2 rings (SSSR count). The number of ether oxygens (including phenoxy) is 2. The molecule has 0 fully saturated rings. The number of nitrogens with one attached hydrogen (secondary N) is 1. The Balaban J connectivity index is 2.06. The van der Waals surface area contributed by atoms with Crippen LogP contribution in [0.5, 0.6) is 11.5 Å². The van der Waals surface area contributed by atoms with Gasteiger partial charge in [0, 0.05) is 11.9 Å². The van der Waals surface area contributed by atoms with Gasteiger partial charge in [0.15, 0.2) is 11.5 Å². The van der Waals surface area contributed by atoms with E-state index in [1.807, 2.05) is 24.3 Å². The molecule has 0 aliphatic heterocycles. The minimum Gasteiger partial charge on any atom is -0.493 e. The van der Waals surface area contributed by atoms with E-state index in [-0.39, 0.29) is 0 Å². The molecule has 0 aliphatic rings. The van der Waals surface area contributed by atoms with E-state index in [1.165, 1.54) is 0 Å². The minimum absolute atomic E-state index is 0.300. The van der Waals surface area contributed by atoms with Gasteiger partial charge in [-0.2, -0.15) is 0 Å². The second-order valence-electron chi connectivity index (χ2n) is 5.08. The summed E-state index contributed by atoms with van der Waals surface area (Å²) in [6.45, 7) is 0.300. The summed E-state index contributed by atoms with van der Waals surface area (Å²) in [5.41, 5.74) is 1.69. The van der Waals surface area contributed by atoms with Crippen molar-refractivity contribution < 1.29 is 17.9 Å². The molecule has 0 saturated heterocycles. The van der Waals surface area contributed by atoms with E-state index in [0.29, 0.717) is 34.7 Å². The number of rotatable bonds is 8. The summed E-state index contributed by atoms with van der Waals surface area (Å²) in [6.07, 6.45) is 0.552. The van der Waals surface area contributed by atoms with Gasteiger partial charge >= 0.3 is 0 Å². The van der Waals surface area contributed by atoms with Gasteiger partial charge in [-0.25, -0.2) is 13.1 Å². The molecule has 0 atom stereocenters. The van der Waals surface area contributed by atoms with Crippen molar-refractivity contribution in [2.45, 2.75) is 16.6 Å². The van der Waals surface area contributed by atoms with Crippen molar-refractivity contribution >= 4 is 26.0 Å². The van der Waals surface area contributed by atoms with Crippen LogP contribution in [0.15, 0.2) is 47.4 Å². The van der Waals surface area contributed by atoms with Gasteiger partial charge in [0.2, 0.25) is 10.0 Å². The Kier molecular flexibility index (Phi) is 6.65. The molecule has 0 aromatic heterocycles. The van der Waals surface area contributed by atoms with Crippen molar-refractivity contribution in [3.8, 4) is 11.5 Å². The summed E-state index contributed by atoms with van der Waals surface area (Å²) < 4.78 is 38.0. The maximum atomic E-state index is 12.4. The quantitative estimate of drug-likeness (QED) is 0.675. The first kappa shape index (κ1) is 18.8. The van der Waals surface area contributed by atoms with Crippen molar-refractivity contribution in [2.75, 3.05) is 20.8 Å². The van der Waals surface area contributed by atoms with Crippen LogP contribution in [0.2, 0.25) is 0 Å². The van der Waals surface area contributed by atoms with E-state index in [2.05, 4.69) is 20.7 Å². The first-order valence-corrected chi connectivity index (χ1v) is 9.96. The van der Waals surface area contributed by atoms with Gasteiger partial charge in [-0.1, -0.05) is 40.2 Å². The minimum atomic E-state index is -3.54. The molecule has 1 N–H and O–H groups in total. The average Bonchev–Trinajstić information content (AvgIpc) is 2.61. The van der Waals surface area contributed by atoms with Gasteiger partial charge in [0.05, 0.1) is 19.1 Å². The third-order valence-corrected chi connectivity index (χ3v) is 5.73. The predicted molar refractivity (Wildman–Crippen MR) is 97.5 cm³/mol. The van der Waals surface area contributed by atoms with Crippen LogP contribution in [0.3, 0.4) is 0 Å². The Bertz CT molecular complexity index is 793. The van der Waals surface area contributed by atoms with Crippen molar-refractivity contribution in [1.82, 2.24) is 4.72 Å².